The summed E-state index contributed by atoms with van der Waals surface area (Å²) in [5.74, 6) is 0.00350. The smallest absolute Gasteiger partial charge is 0.246 e. The first-order chi connectivity index (χ1) is 10.4. The van der Waals surface area contributed by atoms with E-state index in [1.54, 1.807) is 0 Å². The third kappa shape index (κ3) is 1.97. The van der Waals surface area contributed by atoms with Crippen molar-refractivity contribution in [2.45, 2.75) is 49.3 Å². The van der Waals surface area contributed by atoms with E-state index >= 15 is 0 Å². The number of fused-ring (bicyclic) bond motifs is 2. The van der Waals surface area contributed by atoms with E-state index < -0.39 is 16.1 Å². The zero-order chi connectivity index (χ0) is 15.5. The normalized spacial score (nSPS) is 42.3. The summed E-state index contributed by atoms with van der Waals surface area (Å²) in [5.41, 5.74) is -0.126. The minimum atomic E-state index is -3.56. The van der Waals surface area contributed by atoms with E-state index in [-0.39, 0.29) is 22.3 Å². The maximum atomic E-state index is 12.8. The Kier molecular flexibility index (Phi) is 3.17. The van der Waals surface area contributed by atoms with Gasteiger partial charge < -0.3 is 10.4 Å². The van der Waals surface area contributed by atoms with Crippen LogP contribution in [0, 0.1) is 11.3 Å². The van der Waals surface area contributed by atoms with E-state index in [4.69, 9.17) is 0 Å². The van der Waals surface area contributed by atoms with E-state index in [0.717, 1.165) is 19.3 Å². The van der Waals surface area contributed by atoms with Crippen LogP contribution in [0.1, 0.15) is 26.2 Å². The predicted molar refractivity (Wildman–Crippen MR) is 79.5 cm³/mol. The molecule has 3 heterocycles. The highest BCUT2D eigenvalue weighted by atomic mass is 32.2. The maximum Gasteiger partial charge on any atom is 0.246 e. The van der Waals surface area contributed by atoms with Gasteiger partial charge in [-0.15, -0.1) is 0 Å². The highest BCUT2D eigenvalue weighted by Crippen LogP contribution is 2.48. The van der Waals surface area contributed by atoms with Crippen LogP contribution in [0.15, 0.2) is 17.3 Å². The number of aliphatic hydroxyl groups is 1. The summed E-state index contributed by atoms with van der Waals surface area (Å²) in [7, 11) is -3.56. The molecule has 3 aliphatic rings. The molecule has 3 fully saturated rings. The number of aliphatic hydroxyl groups excluding tert-OH is 1. The van der Waals surface area contributed by atoms with Gasteiger partial charge in [-0.1, -0.05) is 6.92 Å². The van der Waals surface area contributed by atoms with Gasteiger partial charge >= 0.3 is 0 Å². The Morgan fingerprint density at radius 3 is 2.95 bits per heavy atom. The lowest BCUT2D eigenvalue weighted by Crippen LogP contribution is -2.53. The number of rotatable bonds is 2. The predicted octanol–water partition coefficient (Wildman–Crippen LogP) is -0.0783. The van der Waals surface area contributed by atoms with Gasteiger partial charge in [-0.3, -0.25) is 5.10 Å². The summed E-state index contributed by atoms with van der Waals surface area (Å²) in [4.78, 5) is 0.192. The number of nitrogens with zero attached hydrogens (tertiary/aromatic N) is 2. The van der Waals surface area contributed by atoms with E-state index in [1.807, 2.05) is 0 Å². The lowest BCUT2D eigenvalue weighted by atomic mass is 9.65. The van der Waals surface area contributed by atoms with Crippen LogP contribution in [-0.4, -0.2) is 59.3 Å². The van der Waals surface area contributed by atoms with Crippen molar-refractivity contribution >= 4 is 10.0 Å². The number of nitrogens with one attached hydrogen (secondary N) is 2. The molecule has 1 aromatic rings. The molecule has 3 bridgehead atoms. The second kappa shape index (κ2) is 4.77. The first-order valence-electron chi connectivity index (χ1n) is 7.84. The number of sulfonamides is 1. The number of hydrogen-bond donors (Lipinski definition) is 3. The molecule has 7 nitrogen and oxygen atoms in total. The molecule has 3 N–H and O–H groups in total. The van der Waals surface area contributed by atoms with Crippen LogP contribution >= 0.6 is 0 Å². The van der Waals surface area contributed by atoms with Crippen molar-refractivity contribution in [3.05, 3.63) is 12.4 Å². The van der Waals surface area contributed by atoms with Crippen molar-refractivity contribution in [1.82, 2.24) is 19.8 Å². The molecule has 5 atom stereocenters. The summed E-state index contributed by atoms with van der Waals surface area (Å²) >= 11 is 0. The minimum absolute atomic E-state index is 0.00350. The van der Waals surface area contributed by atoms with Crippen LogP contribution in [0.5, 0.6) is 0 Å². The molecule has 2 aliphatic heterocycles. The summed E-state index contributed by atoms with van der Waals surface area (Å²) in [6, 6.07) is 0.394. The highest BCUT2D eigenvalue weighted by molar-refractivity contribution is 7.89. The highest BCUT2D eigenvalue weighted by Gasteiger charge is 2.55. The Hall–Kier alpha value is -0.960. The summed E-state index contributed by atoms with van der Waals surface area (Å²) in [6.07, 6.45) is 4.99. The van der Waals surface area contributed by atoms with Crippen molar-refractivity contribution in [2.24, 2.45) is 11.3 Å². The Balaban J connectivity index is 1.70. The van der Waals surface area contributed by atoms with Gasteiger partial charge in [0.05, 0.1) is 12.3 Å². The number of hydrogen-bond acceptors (Lipinski definition) is 5. The molecule has 0 amide bonds. The van der Waals surface area contributed by atoms with E-state index in [2.05, 4.69) is 22.4 Å². The molecule has 1 aromatic heterocycles. The number of aromatic nitrogens is 2. The molecule has 1 aliphatic carbocycles. The zero-order valence-corrected chi connectivity index (χ0v) is 13.4. The average Bonchev–Trinajstić information content (AvgIpc) is 3.11. The van der Waals surface area contributed by atoms with Crippen molar-refractivity contribution in [3.63, 3.8) is 0 Å². The lowest BCUT2D eigenvalue weighted by molar-refractivity contribution is -0.0546. The molecule has 122 valence electrons. The lowest BCUT2D eigenvalue weighted by Gasteiger charge is -2.46. The van der Waals surface area contributed by atoms with Gasteiger partial charge in [0.15, 0.2) is 0 Å². The van der Waals surface area contributed by atoms with Crippen LogP contribution < -0.4 is 5.32 Å². The van der Waals surface area contributed by atoms with Gasteiger partial charge in [-0.25, -0.2) is 8.42 Å². The first-order valence-corrected chi connectivity index (χ1v) is 9.28. The van der Waals surface area contributed by atoms with Gasteiger partial charge in [0.2, 0.25) is 10.0 Å². The van der Waals surface area contributed by atoms with Crippen molar-refractivity contribution < 1.29 is 13.5 Å². The quantitative estimate of drug-likeness (QED) is 0.706. The molecule has 0 spiro atoms. The number of aromatic amines is 1. The molecule has 1 saturated carbocycles. The van der Waals surface area contributed by atoms with Crippen LogP contribution in [0.2, 0.25) is 0 Å². The maximum absolute atomic E-state index is 12.8. The van der Waals surface area contributed by atoms with Gasteiger partial charge in [-0.05, 0) is 25.2 Å². The minimum Gasteiger partial charge on any atom is -0.392 e. The summed E-state index contributed by atoms with van der Waals surface area (Å²) in [5, 5.41) is 20.6. The Morgan fingerprint density at radius 2 is 2.23 bits per heavy atom. The Morgan fingerprint density at radius 1 is 1.41 bits per heavy atom. The Labute approximate surface area is 130 Å². The van der Waals surface area contributed by atoms with Gasteiger partial charge in [0.1, 0.15) is 4.90 Å². The van der Waals surface area contributed by atoms with Gasteiger partial charge in [0, 0.05) is 36.8 Å². The largest absolute Gasteiger partial charge is 0.392 e. The van der Waals surface area contributed by atoms with Crippen LogP contribution in [0.4, 0.5) is 0 Å². The van der Waals surface area contributed by atoms with Crippen molar-refractivity contribution in [3.8, 4) is 0 Å². The third-order valence-electron chi connectivity index (χ3n) is 5.84. The second-order valence-electron chi connectivity index (χ2n) is 7.16. The molecule has 0 aromatic carbocycles. The molecular formula is C14H22N4O3S. The molecule has 0 unspecified atom stereocenters. The third-order valence-corrected chi connectivity index (χ3v) is 7.64. The first kappa shape index (κ1) is 14.6. The summed E-state index contributed by atoms with van der Waals surface area (Å²) < 4.78 is 27.1. The fourth-order valence-corrected chi connectivity index (χ4v) is 6.09. The fraction of sp³-hybridized carbons (Fsp3) is 0.786. The monoisotopic (exact) mass is 326 g/mol. The van der Waals surface area contributed by atoms with E-state index in [0.29, 0.717) is 19.1 Å². The van der Waals surface area contributed by atoms with E-state index in [9.17, 15) is 13.5 Å². The van der Waals surface area contributed by atoms with Crippen LogP contribution in [0.25, 0.3) is 0 Å². The van der Waals surface area contributed by atoms with Crippen molar-refractivity contribution in [1.29, 1.82) is 0 Å². The molecule has 0 radical (unpaired) electrons. The zero-order valence-electron chi connectivity index (χ0n) is 12.6. The summed E-state index contributed by atoms with van der Waals surface area (Å²) in [6.45, 7) is 2.99. The van der Waals surface area contributed by atoms with Crippen LogP contribution in [0.3, 0.4) is 0 Å². The van der Waals surface area contributed by atoms with Gasteiger partial charge in [0.25, 0.3) is 0 Å². The molecule has 22 heavy (non-hydrogen) atoms. The average molecular weight is 326 g/mol. The number of H-pyrrole nitrogens is 1. The fourth-order valence-electron chi connectivity index (χ4n) is 4.64. The SMILES string of the molecule is C[C@]12C[C@H]3CN(S(=O)(=O)c4cn[nH]c4)C[C@H](CC[C@@H]1N3)[C@H]2O. The van der Waals surface area contributed by atoms with Gasteiger partial charge in [-0.2, -0.15) is 9.40 Å². The van der Waals surface area contributed by atoms with Crippen LogP contribution in [-0.2, 0) is 10.0 Å². The van der Waals surface area contributed by atoms with Crippen molar-refractivity contribution in [2.75, 3.05) is 13.1 Å². The molecule has 8 heteroatoms. The molecule has 2 saturated heterocycles. The standard InChI is InChI=1S/C14H22N4O3S/c1-14-4-10-8-18(22(20,21)11-5-15-16-6-11)7-9(13(14)19)2-3-12(14)17-10/h5-6,9-10,12-13,17,19H,2-4,7-8H2,1H3,(H,15,16)/t9-,10-,12-,13+,14-/m0/s1. The molecular weight excluding hydrogens is 304 g/mol. The van der Waals surface area contributed by atoms with E-state index in [1.165, 1.54) is 16.7 Å². The second-order valence-corrected chi connectivity index (χ2v) is 9.10. The molecule has 4 rings (SSSR count). The Bertz CT molecular complexity index is 662. The topological polar surface area (TPSA) is 98.3 Å².